The van der Waals surface area contributed by atoms with Gasteiger partial charge in [0.25, 0.3) is 5.91 Å². The number of halogens is 1. The summed E-state index contributed by atoms with van der Waals surface area (Å²) in [6.07, 6.45) is 1.55. The van der Waals surface area contributed by atoms with E-state index in [9.17, 15) is 9.18 Å². The number of aromatic amines is 1. The Hall–Kier alpha value is -3.26. The molecule has 0 bridgehead atoms. The molecule has 0 saturated heterocycles. The van der Waals surface area contributed by atoms with Gasteiger partial charge in [0.2, 0.25) is 0 Å². The first-order valence-corrected chi connectivity index (χ1v) is 9.28. The van der Waals surface area contributed by atoms with Crippen molar-refractivity contribution in [2.75, 3.05) is 0 Å². The molecule has 0 spiro atoms. The molecule has 0 unspecified atom stereocenters. The molecule has 6 nitrogen and oxygen atoms in total. The Morgan fingerprint density at radius 2 is 1.96 bits per heavy atom. The summed E-state index contributed by atoms with van der Waals surface area (Å²) in [7, 11) is 0. The maximum Gasteiger partial charge on any atom is 0.270 e. The first-order chi connectivity index (χ1) is 13.6. The van der Waals surface area contributed by atoms with Gasteiger partial charge in [-0.2, -0.15) is 0 Å². The summed E-state index contributed by atoms with van der Waals surface area (Å²) >= 11 is 5.28. The minimum atomic E-state index is -0.352. The largest absolute Gasteiger partial charge is 0.343 e. The van der Waals surface area contributed by atoms with E-state index in [0.717, 1.165) is 23.4 Å². The van der Waals surface area contributed by atoms with Crippen LogP contribution in [-0.4, -0.2) is 25.0 Å². The van der Waals surface area contributed by atoms with E-state index in [-0.39, 0.29) is 18.3 Å². The fourth-order valence-electron chi connectivity index (χ4n) is 3.25. The van der Waals surface area contributed by atoms with E-state index in [0.29, 0.717) is 16.2 Å². The summed E-state index contributed by atoms with van der Waals surface area (Å²) in [5.74, 6) is 0.126. The number of rotatable bonds is 5. The van der Waals surface area contributed by atoms with Crippen molar-refractivity contribution in [2.24, 2.45) is 0 Å². The molecule has 2 aromatic carbocycles. The SMILES string of the molecule is CCn1c(CNC(=O)c2c[nH]c(=S)n2-c2ccc(F)cc2)nc2ccccc21. The van der Waals surface area contributed by atoms with Gasteiger partial charge >= 0.3 is 0 Å². The van der Waals surface area contributed by atoms with E-state index in [1.165, 1.54) is 12.1 Å². The van der Waals surface area contributed by atoms with Crippen LogP contribution in [0.4, 0.5) is 4.39 Å². The highest BCUT2D eigenvalue weighted by molar-refractivity contribution is 7.71. The lowest BCUT2D eigenvalue weighted by Gasteiger charge is -2.10. The molecule has 0 aliphatic rings. The molecule has 4 rings (SSSR count). The third-order valence-electron chi connectivity index (χ3n) is 4.55. The quantitative estimate of drug-likeness (QED) is 0.503. The number of benzene rings is 2. The van der Waals surface area contributed by atoms with Crippen molar-refractivity contribution in [1.82, 2.24) is 24.4 Å². The van der Waals surface area contributed by atoms with Crippen LogP contribution in [0.3, 0.4) is 0 Å². The van der Waals surface area contributed by atoms with Gasteiger partial charge in [-0.25, -0.2) is 9.37 Å². The van der Waals surface area contributed by atoms with E-state index in [2.05, 4.69) is 19.9 Å². The molecule has 142 valence electrons. The Labute approximate surface area is 165 Å². The number of carbonyl (C=O) groups is 1. The zero-order chi connectivity index (χ0) is 19.7. The number of aryl methyl sites for hydroxylation is 1. The van der Waals surface area contributed by atoms with Gasteiger partial charge in [-0.3, -0.25) is 9.36 Å². The Balaban J connectivity index is 1.60. The summed E-state index contributed by atoms with van der Waals surface area (Å²) in [6.45, 7) is 3.07. The number of imidazole rings is 2. The van der Waals surface area contributed by atoms with Crippen LogP contribution >= 0.6 is 12.2 Å². The van der Waals surface area contributed by atoms with Crippen molar-refractivity contribution >= 4 is 29.2 Å². The summed E-state index contributed by atoms with van der Waals surface area (Å²) in [6, 6.07) is 13.7. The maximum atomic E-state index is 13.2. The van der Waals surface area contributed by atoms with Crippen LogP contribution in [0.5, 0.6) is 0 Å². The van der Waals surface area contributed by atoms with Gasteiger partial charge in [0.15, 0.2) is 4.77 Å². The zero-order valence-electron chi connectivity index (χ0n) is 15.1. The Morgan fingerprint density at radius 3 is 2.71 bits per heavy atom. The van der Waals surface area contributed by atoms with Gasteiger partial charge in [-0.15, -0.1) is 0 Å². The Morgan fingerprint density at radius 1 is 1.21 bits per heavy atom. The maximum absolute atomic E-state index is 13.2. The predicted octanol–water partition coefficient (Wildman–Crippen LogP) is 3.97. The molecule has 0 aliphatic carbocycles. The second kappa shape index (κ2) is 7.40. The molecule has 8 heteroatoms. The summed E-state index contributed by atoms with van der Waals surface area (Å²) < 4.78 is 17.2. The number of nitrogens with one attached hydrogen (secondary N) is 2. The number of hydrogen-bond donors (Lipinski definition) is 2. The van der Waals surface area contributed by atoms with Crippen LogP contribution in [-0.2, 0) is 13.1 Å². The van der Waals surface area contributed by atoms with Crippen molar-refractivity contribution in [2.45, 2.75) is 20.0 Å². The Kier molecular flexibility index (Phi) is 4.79. The van der Waals surface area contributed by atoms with Gasteiger partial charge in [0.1, 0.15) is 17.3 Å². The number of aromatic nitrogens is 4. The molecule has 2 N–H and O–H groups in total. The molecular formula is C20H18FN5OS. The first-order valence-electron chi connectivity index (χ1n) is 8.87. The zero-order valence-corrected chi connectivity index (χ0v) is 16.0. The van der Waals surface area contributed by atoms with Crippen molar-refractivity contribution < 1.29 is 9.18 Å². The van der Waals surface area contributed by atoms with Crippen molar-refractivity contribution in [3.8, 4) is 5.69 Å². The van der Waals surface area contributed by atoms with Gasteiger partial charge in [0, 0.05) is 18.4 Å². The van der Waals surface area contributed by atoms with Crippen LogP contribution in [0.25, 0.3) is 16.7 Å². The molecule has 0 fully saturated rings. The van der Waals surface area contributed by atoms with Crippen LogP contribution < -0.4 is 5.32 Å². The number of hydrogen-bond acceptors (Lipinski definition) is 3. The van der Waals surface area contributed by atoms with Crippen LogP contribution in [0.1, 0.15) is 23.2 Å². The third-order valence-corrected chi connectivity index (χ3v) is 4.85. The number of amides is 1. The number of para-hydroxylation sites is 2. The molecule has 0 aliphatic heterocycles. The van der Waals surface area contributed by atoms with Crippen molar-refractivity contribution in [3.05, 3.63) is 76.8 Å². The first kappa shape index (κ1) is 18.1. The van der Waals surface area contributed by atoms with Crippen LogP contribution in [0.2, 0.25) is 0 Å². The molecule has 2 aromatic heterocycles. The third kappa shape index (κ3) is 3.22. The highest BCUT2D eigenvalue weighted by atomic mass is 32.1. The average Bonchev–Trinajstić information content (AvgIpc) is 3.26. The average molecular weight is 395 g/mol. The summed E-state index contributed by atoms with van der Waals surface area (Å²) in [5, 5.41) is 2.90. The normalized spacial score (nSPS) is 11.1. The van der Waals surface area contributed by atoms with Gasteiger partial charge < -0.3 is 14.9 Å². The van der Waals surface area contributed by atoms with E-state index in [1.54, 1.807) is 22.9 Å². The molecule has 1 amide bonds. The van der Waals surface area contributed by atoms with Gasteiger partial charge in [-0.1, -0.05) is 12.1 Å². The molecule has 4 aromatic rings. The van der Waals surface area contributed by atoms with Gasteiger partial charge in [0.05, 0.1) is 17.6 Å². The second-order valence-electron chi connectivity index (χ2n) is 6.23. The molecule has 2 heterocycles. The smallest absolute Gasteiger partial charge is 0.270 e. The van der Waals surface area contributed by atoms with Crippen LogP contribution in [0, 0.1) is 10.6 Å². The summed E-state index contributed by atoms with van der Waals surface area (Å²) in [4.78, 5) is 20.3. The number of nitrogens with zero attached hydrogens (tertiary/aromatic N) is 3. The molecule has 28 heavy (non-hydrogen) atoms. The molecule has 0 saturated carbocycles. The highest BCUT2D eigenvalue weighted by Gasteiger charge is 2.16. The molecule has 0 atom stereocenters. The number of fused-ring (bicyclic) bond motifs is 1. The van der Waals surface area contributed by atoms with E-state index in [4.69, 9.17) is 12.2 Å². The predicted molar refractivity (Wildman–Crippen MR) is 107 cm³/mol. The summed E-state index contributed by atoms with van der Waals surface area (Å²) in [5.41, 5.74) is 2.88. The monoisotopic (exact) mass is 395 g/mol. The Bertz CT molecular complexity index is 1210. The van der Waals surface area contributed by atoms with E-state index >= 15 is 0 Å². The van der Waals surface area contributed by atoms with E-state index < -0.39 is 0 Å². The van der Waals surface area contributed by atoms with E-state index in [1.807, 2.05) is 31.2 Å². The number of carbonyl (C=O) groups excluding carboxylic acids is 1. The minimum absolute atomic E-state index is 0.280. The lowest BCUT2D eigenvalue weighted by molar-refractivity contribution is 0.0942. The fourth-order valence-corrected chi connectivity index (χ4v) is 3.51. The lowest BCUT2D eigenvalue weighted by atomic mass is 10.3. The fraction of sp³-hybridized carbons (Fsp3) is 0.150. The highest BCUT2D eigenvalue weighted by Crippen LogP contribution is 2.17. The molecular weight excluding hydrogens is 377 g/mol. The number of H-pyrrole nitrogens is 1. The second-order valence-corrected chi connectivity index (χ2v) is 6.62. The topological polar surface area (TPSA) is 67.6 Å². The van der Waals surface area contributed by atoms with Crippen molar-refractivity contribution in [3.63, 3.8) is 0 Å². The van der Waals surface area contributed by atoms with Crippen molar-refractivity contribution in [1.29, 1.82) is 0 Å². The minimum Gasteiger partial charge on any atom is -0.343 e. The van der Waals surface area contributed by atoms with Crippen LogP contribution in [0.15, 0.2) is 54.7 Å². The van der Waals surface area contributed by atoms with Gasteiger partial charge in [-0.05, 0) is 55.5 Å². The molecule has 0 radical (unpaired) electrons. The lowest BCUT2D eigenvalue weighted by Crippen LogP contribution is -2.26. The standard InChI is InChI=1S/C20H18FN5OS/c1-2-25-16-6-4-3-5-15(16)24-18(25)12-22-19(27)17-11-23-20(28)26(17)14-9-7-13(21)8-10-14/h3-11H,2,12H2,1H3,(H,22,27)(H,23,28).